The van der Waals surface area contributed by atoms with Crippen LogP contribution in [0, 0.1) is 20.8 Å². The fraction of sp³-hybridized carbons (Fsp3) is 0.208. The van der Waals surface area contributed by atoms with Crippen molar-refractivity contribution in [1.29, 1.82) is 0 Å². The molecule has 0 fully saturated rings. The second-order valence-corrected chi connectivity index (χ2v) is 8.47. The van der Waals surface area contributed by atoms with E-state index in [9.17, 15) is 9.59 Å². The third kappa shape index (κ3) is 5.03. The second-order valence-electron chi connectivity index (χ2n) is 7.45. The van der Waals surface area contributed by atoms with Gasteiger partial charge in [-0.3, -0.25) is 9.59 Å². The number of aryl methyl sites for hydroxylation is 3. The van der Waals surface area contributed by atoms with Crippen LogP contribution < -0.4 is 15.6 Å². The van der Waals surface area contributed by atoms with Gasteiger partial charge >= 0.3 is 0 Å². The average Bonchev–Trinajstić information content (AvgIpc) is 3.15. The van der Waals surface area contributed by atoms with E-state index in [1.165, 1.54) is 28.0 Å². The van der Waals surface area contributed by atoms with Crippen LogP contribution >= 0.6 is 11.8 Å². The van der Waals surface area contributed by atoms with Gasteiger partial charge in [-0.05, 0) is 56.2 Å². The quantitative estimate of drug-likeness (QED) is 0.418. The van der Waals surface area contributed by atoms with E-state index in [1.807, 2.05) is 56.3 Å². The first-order valence-electron chi connectivity index (χ1n) is 10.1. The molecule has 1 amide bonds. The van der Waals surface area contributed by atoms with E-state index in [4.69, 9.17) is 9.26 Å². The predicted molar refractivity (Wildman–Crippen MR) is 125 cm³/mol. The first-order valence-corrected chi connectivity index (χ1v) is 11.1. The zero-order chi connectivity index (χ0) is 22.7. The Hall–Kier alpha value is -3.52. The molecule has 0 aliphatic heterocycles. The third-order valence-corrected chi connectivity index (χ3v) is 6.02. The molecule has 8 heteroatoms. The summed E-state index contributed by atoms with van der Waals surface area (Å²) in [5, 5.41) is 2.90. The van der Waals surface area contributed by atoms with E-state index >= 15 is 0 Å². The lowest BCUT2D eigenvalue weighted by Gasteiger charge is -2.12. The van der Waals surface area contributed by atoms with Crippen molar-refractivity contribution < 1.29 is 14.1 Å². The Balaban J connectivity index is 1.40. The topological polar surface area (TPSA) is 85.8 Å². The number of nitrogens with one attached hydrogen (secondary N) is 1. The largest absolute Gasteiger partial charge is 0.484 e. The smallest absolute Gasteiger partial charge is 0.287 e. The Morgan fingerprint density at radius 1 is 1.09 bits per heavy atom. The summed E-state index contributed by atoms with van der Waals surface area (Å²) in [6, 6.07) is 16.4. The zero-order valence-electron chi connectivity index (χ0n) is 18.0. The molecule has 4 rings (SSSR count). The lowest BCUT2D eigenvalue weighted by Crippen LogP contribution is -2.20. The maximum Gasteiger partial charge on any atom is 0.287 e. The van der Waals surface area contributed by atoms with Crippen molar-refractivity contribution in [2.75, 3.05) is 11.9 Å². The molecule has 0 unspecified atom stereocenters. The minimum Gasteiger partial charge on any atom is -0.484 e. The number of para-hydroxylation sites is 1. The third-order valence-electron chi connectivity index (χ3n) is 4.91. The summed E-state index contributed by atoms with van der Waals surface area (Å²) < 4.78 is 12.1. The number of anilines is 1. The number of benzene rings is 2. The number of ether oxygens (including phenoxy) is 1. The molecule has 0 bridgehead atoms. The number of carbonyl (C=O) groups is 1. The zero-order valence-corrected chi connectivity index (χ0v) is 18.9. The number of rotatable bonds is 7. The maximum atomic E-state index is 12.4. The number of hydrogen-bond donors (Lipinski definition) is 1. The monoisotopic (exact) mass is 449 g/mol. The van der Waals surface area contributed by atoms with Gasteiger partial charge in [-0.2, -0.15) is 0 Å². The number of nitrogens with zero attached hydrogens (tertiary/aromatic N) is 2. The van der Waals surface area contributed by atoms with Crippen molar-refractivity contribution in [2.24, 2.45) is 0 Å². The highest BCUT2D eigenvalue weighted by Crippen LogP contribution is 2.29. The number of fused-ring (bicyclic) bond motifs is 1. The fourth-order valence-electron chi connectivity index (χ4n) is 3.13. The van der Waals surface area contributed by atoms with Crippen molar-refractivity contribution in [3.05, 3.63) is 87.5 Å². The van der Waals surface area contributed by atoms with E-state index < -0.39 is 0 Å². The predicted octanol–water partition coefficient (Wildman–Crippen LogP) is 4.52. The van der Waals surface area contributed by atoms with Crippen LogP contribution in [0.4, 0.5) is 5.69 Å². The van der Waals surface area contributed by atoms with Crippen molar-refractivity contribution in [3.63, 3.8) is 0 Å². The Labute approximate surface area is 189 Å². The van der Waals surface area contributed by atoms with Gasteiger partial charge in [-0.25, -0.2) is 4.98 Å². The van der Waals surface area contributed by atoms with Crippen LogP contribution in [0.2, 0.25) is 0 Å². The summed E-state index contributed by atoms with van der Waals surface area (Å²) in [7, 11) is 0. The summed E-state index contributed by atoms with van der Waals surface area (Å²) in [5.41, 5.74) is 3.83. The molecule has 32 heavy (non-hydrogen) atoms. The molecule has 0 radical (unpaired) electrons. The van der Waals surface area contributed by atoms with Gasteiger partial charge in [0, 0.05) is 22.8 Å². The molecule has 7 nitrogen and oxygen atoms in total. The van der Waals surface area contributed by atoms with Crippen LogP contribution in [-0.4, -0.2) is 22.1 Å². The normalized spacial score (nSPS) is 11.0. The van der Waals surface area contributed by atoms with Crippen LogP contribution in [0.3, 0.4) is 0 Å². The number of carbonyl (C=O) groups excluding carboxylic acids is 1. The Morgan fingerprint density at radius 2 is 1.91 bits per heavy atom. The van der Waals surface area contributed by atoms with Crippen molar-refractivity contribution >= 4 is 29.0 Å². The molecule has 2 heterocycles. The Kier molecular flexibility index (Phi) is 6.32. The van der Waals surface area contributed by atoms with Crippen molar-refractivity contribution in [1.82, 2.24) is 9.56 Å². The molecular formula is C24H23N3O4S. The molecule has 164 valence electrons. The summed E-state index contributed by atoms with van der Waals surface area (Å²) in [4.78, 5) is 30.0. The molecular weight excluding hydrogens is 426 g/mol. The van der Waals surface area contributed by atoms with Crippen molar-refractivity contribution in [3.8, 4) is 5.75 Å². The molecule has 0 saturated heterocycles. The first-order chi connectivity index (χ1) is 15.4. The second kappa shape index (κ2) is 9.32. The summed E-state index contributed by atoms with van der Waals surface area (Å²) >= 11 is 1.49. The minimum absolute atomic E-state index is 0.0870. The molecule has 2 aromatic carbocycles. The number of thioether (sulfide) groups is 1. The van der Waals surface area contributed by atoms with E-state index in [0.29, 0.717) is 34.3 Å². The highest BCUT2D eigenvalue weighted by Gasteiger charge is 2.11. The summed E-state index contributed by atoms with van der Waals surface area (Å²) in [6.07, 6.45) is 0. The average molecular weight is 450 g/mol. The highest BCUT2D eigenvalue weighted by molar-refractivity contribution is 7.98. The Morgan fingerprint density at radius 3 is 2.72 bits per heavy atom. The van der Waals surface area contributed by atoms with Gasteiger partial charge in [0.05, 0.1) is 11.4 Å². The Bertz CT molecular complexity index is 1340. The van der Waals surface area contributed by atoms with Gasteiger partial charge in [-0.1, -0.05) is 18.2 Å². The minimum atomic E-state index is -0.260. The van der Waals surface area contributed by atoms with Gasteiger partial charge in [0.2, 0.25) is 0 Å². The lowest BCUT2D eigenvalue weighted by atomic mass is 10.1. The first kappa shape index (κ1) is 21.7. The fourth-order valence-corrected chi connectivity index (χ4v) is 4.03. The molecule has 1 N–H and O–H groups in total. The number of amides is 1. The van der Waals surface area contributed by atoms with E-state index in [-0.39, 0.29) is 18.1 Å². The molecule has 0 atom stereocenters. The van der Waals surface area contributed by atoms with Gasteiger partial charge in [0.15, 0.2) is 12.3 Å². The maximum absolute atomic E-state index is 12.4. The summed E-state index contributed by atoms with van der Waals surface area (Å²) in [6.45, 7) is 5.72. The molecule has 0 saturated carbocycles. The summed E-state index contributed by atoms with van der Waals surface area (Å²) in [5.74, 6) is 1.51. The lowest BCUT2D eigenvalue weighted by molar-refractivity contribution is -0.118. The van der Waals surface area contributed by atoms with Crippen molar-refractivity contribution in [2.45, 2.75) is 31.4 Å². The SMILES string of the molecule is Cc1cc2nc(CSc3ccccc3NC(=O)COc3ccc(C)c(C)c3)cc(=O)n2o1. The molecule has 0 spiro atoms. The molecule has 2 aromatic heterocycles. The van der Waals surface area contributed by atoms with Crippen LogP contribution in [0.1, 0.15) is 22.6 Å². The molecule has 4 aromatic rings. The van der Waals surface area contributed by atoms with Crippen LogP contribution in [0.25, 0.3) is 5.65 Å². The van der Waals surface area contributed by atoms with Gasteiger partial charge in [0.1, 0.15) is 11.5 Å². The van der Waals surface area contributed by atoms with Gasteiger partial charge < -0.3 is 14.6 Å². The highest BCUT2D eigenvalue weighted by atomic mass is 32.2. The standard InChI is InChI=1S/C24H23N3O4S/c1-15-8-9-19(10-16(15)2)30-13-23(28)26-20-6-4-5-7-21(20)32-14-18-12-24(29)27-22(25-18)11-17(3)31-27/h4-12H,13-14H2,1-3H3,(H,26,28). The molecule has 0 aliphatic rings. The van der Waals surface area contributed by atoms with E-state index in [2.05, 4.69) is 10.3 Å². The van der Waals surface area contributed by atoms with Crippen LogP contribution in [-0.2, 0) is 10.5 Å². The van der Waals surface area contributed by atoms with Crippen LogP contribution in [0.15, 0.2) is 68.8 Å². The number of hydrogen-bond acceptors (Lipinski definition) is 6. The van der Waals surface area contributed by atoms with E-state index in [0.717, 1.165) is 10.5 Å². The van der Waals surface area contributed by atoms with Crippen LogP contribution in [0.5, 0.6) is 5.75 Å². The number of aromatic nitrogens is 2. The van der Waals surface area contributed by atoms with Gasteiger partial charge in [-0.15, -0.1) is 16.3 Å². The van der Waals surface area contributed by atoms with E-state index in [1.54, 1.807) is 13.0 Å². The van der Waals surface area contributed by atoms with Gasteiger partial charge in [0.25, 0.3) is 11.5 Å². The molecule has 0 aliphatic carbocycles.